The maximum absolute atomic E-state index is 13.5. The van der Waals surface area contributed by atoms with Gasteiger partial charge in [-0.15, -0.1) is 0 Å². The molecule has 0 aliphatic rings. The van der Waals surface area contributed by atoms with Gasteiger partial charge in [-0.1, -0.05) is 36.4 Å². The molecule has 1 atom stereocenters. The summed E-state index contributed by atoms with van der Waals surface area (Å²) in [5, 5.41) is 2.26. The first-order chi connectivity index (χ1) is 10.2. The normalized spacial score (nSPS) is 12.3. The Morgan fingerprint density at radius 2 is 1.71 bits per heavy atom. The topological polar surface area (TPSA) is 35.2 Å². The van der Waals surface area contributed by atoms with Gasteiger partial charge >= 0.3 is 0 Å². The van der Waals surface area contributed by atoms with Crippen LogP contribution in [0.15, 0.2) is 60.7 Å². The molecule has 3 rings (SSSR count). The minimum Gasteiger partial charge on any atom is -0.496 e. The van der Waals surface area contributed by atoms with Crippen LogP contribution in [-0.2, 0) is 0 Å². The van der Waals surface area contributed by atoms with Crippen LogP contribution >= 0.6 is 0 Å². The molecular formula is C18H16FNO. The maximum Gasteiger partial charge on any atom is 0.124 e. The van der Waals surface area contributed by atoms with E-state index in [1.54, 1.807) is 13.2 Å². The van der Waals surface area contributed by atoms with E-state index in [4.69, 9.17) is 10.5 Å². The average Bonchev–Trinajstić information content (AvgIpc) is 2.53. The number of methoxy groups -OCH3 is 1. The number of rotatable bonds is 3. The van der Waals surface area contributed by atoms with Crippen molar-refractivity contribution in [3.63, 3.8) is 0 Å². The van der Waals surface area contributed by atoms with Crippen LogP contribution in [0.2, 0.25) is 0 Å². The molecule has 3 heteroatoms. The summed E-state index contributed by atoms with van der Waals surface area (Å²) in [6, 6.07) is 18.1. The van der Waals surface area contributed by atoms with Crippen molar-refractivity contribution in [1.82, 2.24) is 0 Å². The molecule has 2 nitrogen and oxygen atoms in total. The summed E-state index contributed by atoms with van der Waals surface area (Å²) in [4.78, 5) is 0. The molecule has 0 saturated carbocycles. The van der Waals surface area contributed by atoms with Gasteiger partial charge in [-0.3, -0.25) is 0 Å². The first-order valence-corrected chi connectivity index (χ1v) is 6.77. The van der Waals surface area contributed by atoms with Gasteiger partial charge in [0, 0.05) is 5.56 Å². The van der Waals surface area contributed by atoms with Crippen LogP contribution in [0.1, 0.15) is 17.2 Å². The van der Waals surface area contributed by atoms with Gasteiger partial charge in [0.2, 0.25) is 0 Å². The van der Waals surface area contributed by atoms with Crippen molar-refractivity contribution in [3.8, 4) is 5.75 Å². The summed E-state index contributed by atoms with van der Waals surface area (Å²) in [5.41, 5.74) is 7.88. The van der Waals surface area contributed by atoms with Gasteiger partial charge in [0.1, 0.15) is 11.6 Å². The van der Waals surface area contributed by atoms with E-state index in [1.807, 2.05) is 42.5 Å². The molecule has 3 aromatic rings. The van der Waals surface area contributed by atoms with Crippen molar-refractivity contribution < 1.29 is 9.13 Å². The molecule has 0 radical (unpaired) electrons. The zero-order valence-corrected chi connectivity index (χ0v) is 11.7. The highest BCUT2D eigenvalue weighted by atomic mass is 19.1. The lowest BCUT2D eigenvalue weighted by Crippen LogP contribution is -2.13. The monoisotopic (exact) mass is 281 g/mol. The smallest absolute Gasteiger partial charge is 0.124 e. The maximum atomic E-state index is 13.5. The van der Waals surface area contributed by atoms with E-state index in [9.17, 15) is 4.39 Å². The number of fused-ring (bicyclic) bond motifs is 1. The van der Waals surface area contributed by atoms with E-state index in [0.29, 0.717) is 11.3 Å². The molecule has 106 valence electrons. The van der Waals surface area contributed by atoms with E-state index >= 15 is 0 Å². The second-order valence-electron chi connectivity index (χ2n) is 4.97. The molecular weight excluding hydrogens is 265 g/mol. The minimum atomic E-state index is -0.430. The summed E-state index contributed by atoms with van der Waals surface area (Å²) < 4.78 is 18.8. The number of hydrogen-bond acceptors (Lipinski definition) is 2. The van der Waals surface area contributed by atoms with Gasteiger partial charge in [-0.25, -0.2) is 4.39 Å². The quantitative estimate of drug-likeness (QED) is 0.786. The van der Waals surface area contributed by atoms with E-state index in [1.165, 1.54) is 12.1 Å². The Labute approximate surface area is 123 Å². The van der Waals surface area contributed by atoms with Gasteiger partial charge in [-0.2, -0.15) is 0 Å². The number of ether oxygens (including phenoxy) is 1. The second kappa shape index (κ2) is 5.54. The Morgan fingerprint density at radius 3 is 2.48 bits per heavy atom. The molecule has 0 fully saturated rings. The molecule has 0 amide bonds. The van der Waals surface area contributed by atoms with Crippen molar-refractivity contribution in [1.29, 1.82) is 0 Å². The third-order valence-corrected chi connectivity index (χ3v) is 3.66. The van der Waals surface area contributed by atoms with Gasteiger partial charge in [-0.05, 0) is 40.6 Å². The van der Waals surface area contributed by atoms with Crippen LogP contribution in [0, 0.1) is 5.82 Å². The molecule has 0 heterocycles. The Bertz CT molecular complexity index is 785. The fourth-order valence-electron chi connectivity index (χ4n) is 2.53. The fraction of sp³-hybridized carbons (Fsp3) is 0.111. The first-order valence-electron chi connectivity index (χ1n) is 6.77. The lowest BCUT2D eigenvalue weighted by molar-refractivity contribution is 0.406. The Balaban J connectivity index is 2.07. The van der Waals surface area contributed by atoms with E-state index in [0.717, 1.165) is 16.3 Å². The Morgan fingerprint density at radius 1 is 0.952 bits per heavy atom. The molecule has 0 spiro atoms. The molecule has 0 saturated heterocycles. The highest BCUT2D eigenvalue weighted by Gasteiger charge is 2.15. The van der Waals surface area contributed by atoms with Crippen molar-refractivity contribution in [3.05, 3.63) is 77.6 Å². The standard InChI is InChI=1S/C18H16FNO/c1-21-17-9-8-15(19)11-16(17)18(20)14-7-6-12-4-2-3-5-13(12)10-14/h2-11,18H,20H2,1H3. The van der Waals surface area contributed by atoms with Crippen LogP contribution < -0.4 is 10.5 Å². The van der Waals surface area contributed by atoms with Crippen molar-refractivity contribution in [2.45, 2.75) is 6.04 Å². The number of nitrogens with two attached hydrogens (primary N) is 1. The van der Waals surface area contributed by atoms with Gasteiger partial charge in [0.25, 0.3) is 0 Å². The molecule has 0 aliphatic heterocycles. The van der Waals surface area contributed by atoms with Crippen LogP contribution in [0.5, 0.6) is 5.75 Å². The van der Waals surface area contributed by atoms with E-state index in [-0.39, 0.29) is 5.82 Å². The SMILES string of the molecule is COc1ccc(F)cc1C(N)c1ccc2ccccc2c1. The Kier molecular flexibility index (Phi) is 3.59. The fourth-order valence-corrected chi connectivity index (χ4v) is 2.53. The van der Waals surface area contributed by atoms with E-state index in [2.05, 4.69) is 0 Å². The van der Waals surface area contributed by atoms with Crippen molar-refractivity contribution in [2.24, 2.45) is 5.73 Å². The molecule has 0 aromatic heterocycles. The lowest BCUT2D eigenvalue weighted by atomic mass is 9.96. The predicted molar refractivity (Wildman–Crippen MR) is 82.9 cm³/mol. The summed E-state index contributed by atoms with van der Waals surface area (Å²) in [6.07, 6.45) is 0. The minimum absolute atomic E-state index is 0.318. The third kappa shape index (κ3) is 2.60. The average molecular weight is 281 g/mol. The number of benzene rings is 3. The van der Waals surface area contributed by atoms with Crippen LogP contribution in [0.3, 0.4) is 0 Å². The van der Waals surface area contributed by atoms with E-state index < -0.39 is 6.04 Å². The van der Waals surface area contributed by atoms with Gasteiger partial charge < -0.3 is 10.5 Å². The number of halogens is 1. The molecule has 0 aliphatic carbocycles. The summed E-state index contributed by atoms with van der Waals surface area (Å²) in [5.74, 6) is 0.277. The highest BCUT2D eigenvalue weighted by molar-refractivity contribution is 5.83. The number of hydrogen-bond donors (Lipinski definition) is 1. The largest absolute Gasteiger partial charge is 0.496 e. The van der Waals surface area contributed by atoms with Gasteiger partial charge in [0.05, 0.1) is 13.2 Å². The highest BCUT2D eigenvalue weighted by Crippen LogP contribution is 2.30. The van der Waals surface area contributed by atoms with Crippen LogP contribution in [0.4, 0.5) is 4.39 Å². The summed E-state index contributed by atoms with van der Waals surface area (Å²) in [6.45, 7) is 0. The molecule has 0 bridgehead atoms. The van der Waals surface area contributed by atoms with Crippen LogP contribution in [0.25, 0.3) is 10.8 Å². The second-order valence-corrected chi connectivity index (χ2v) is 4.97. The summed E-state index contributed by atoms with van der Waals surface area (Å²) in [7, 11) is 1.56. The summed E-state index contributed by atoms with van der Waals surface area (Å²) >= 11 is 0. The zero-order chi connectivity index (χ0) is 14.8. The molecule has 21 heavy (non-hydrogen) atoms. The van der Waals surface area contributed by atoms with Crippen LogP contribution in [-0.4, -0.2) is 7.11 Å². The molecule has 3 aromatic carbocycles. The molecule has 1 unspecified atom stereocenters. The lowest BCUT2D eigenvalue weighted by Gasteiger charge is -2.17. The third-order valence-electron chi connectivity index (χ3n) is 3.66. The first kappa shape index (κ1) is 13.6. The predicted octanol–water partition coefficient (Wildman–Crippen LogP) is 4.04. The zero-order valence-electron chi connectivity index (χ0n) is 11.7. The Hall–Kier alpha value is -2.39. The molecule has 2 N–H and O–H groups in total. The van der Waals surface area contributed by atoms with Crippen molar-refractivity contribution >= 4 is 10.8 Å². The van der Waals surface area contributed by atoms with Crippen molar-refractivity contribution in [2.75, 3.05) is 7.11 Å². The van der Waals surface area contributed by atoms with Gasteiger partial charge in [0.15, 0.2) is 0 Å².